The minimum Gasteiger partial charge on any atom is -0.487 e. The number of benzene rings is 3. The maximum atomic E-state index is 13.7. The van der Waals surface area contributed by atoms with Crippen molar-refractivity contribution in [2.75, 3.05) is 6.26 Å². The Labute approximate surface area is 239 Å². The summed E-state index contributed by atoms with van der Waals surface area (Å²) in [7, 11) is -3.32. The first-order valence-corrected chi connectivity index (χ1v) is 16.3. The first-order chi connectivity index (χ1) is 18.9. The lowest BCUT2D eigenvalue weighted by atomic mass is 10.00. The molecule has 1 amide bonds. The van der Waals surface area contributed by atoms with Crippen LogP contribution in [0, 0.1) is 11.8 Å². The van der Waals surface area contributed by atoms with Crippen LogP contribution in [0.2, 0.25) is 0 Å². The molecular weight excluding hydrogens is 546 g/mol. The number of nitrogens with one attached hydrogen (secondary N) is 1. The molecule has 2 fully saturated rings. The lowest BCUT2D eigenvalue weighted by molar-refractivity contribution is -0.139. The smallest absolute Gasteiger partial charge is 0.327 e. The van der Waals surface area contributed by atoms with E-state index in [0.717, 1.165) is 34.9 Å². The van der Waals surface area contributed by atoms with Crippen LogP contribution in [0.1, 0.15) is 55.5 Å². The average molecular weight is 582 g/mol. The number of aliphatic carboxylic acids is 1. The molecule has 0 radical (unpaired) electrons. The standard InChI is InChI=1S/C31H35NO6S2/c1-31(2,39-26-17-20-8-11-22(26)16-20)28(30(34)35)32-29(33)25-15-12-21-6-4-5-7-24(21)27(25)38-18-19-9-13-23(14-10-19)40(3,36)37/h4-7,9-10,12-15,20,22,26,28H,8,11,16-18H2,1-3H3,(H,32,33)(H,34,35)/t20-,22+,26-,28-/m1/s1. The van der Waals surface area contributed by atoms with Gasteiger partial charge in [-0.25, -0.2) is 13.2 Å². The monoisotopic (exact) mass is 581 g/mol. The predicted octanol–water partition coefficient (Wildman–Crippen LogP) is 5.71. The number of amides is 1. The molecule has 0 saturated heterocycles. The minimum atomic E-state index is -3.32. The molecule has 0 aromatic heterocycles. The van der Waals surface area contributed by atoms with Crippen molar-refractivity contribution in [3.05, 3.63) is 71.8 Å². The predicted molar refractivity (Wildman–Crippen MR) is 158 cm³/mol. The maximum Gasteiger partial charge on any atom is 0.327 e. The number of fused-ring (bicyclic) bond motifs is 3. The Bertz CT molecular complexity index is 1530. The molecule has 2 bridgehead atoms. The third kappa shape index (κ3) is 6.00. The molecule has 0 aliphatic heterocycles. The topological polar surface area (TPSA) is 110 Å². The van der Waals surface area contributed by atoms with Crippen LogP contribution in [-0.4, -0.2) is 47.7 Å². The van der Waals surface area contributed by atoms with Crippen LogP contribution in [0.5, 0.6) is 5.75 Å². The molecule has 2 N–H and O–H groups in total. The van der Waals surface area contributed by atoms with Crippen LogP contribution >= 0.6 is 11.8 Å². The van der Waals surface area contributed by atoms with Gasteiger partial charge in [-0.3, -0.25) is 4.79 Å². The van der Waals surface area contributed by atoms with E-state index in [1.807, 2.05) is 44.2 Å². The largest absolute Gasteiger partial charge is 0.487 e. The molecule has 0 spiro atoms. The number of hydrogen-bond donors (Lipinski definition) is 2. The van der Waals surface area contributed by atoms with Gasteiger partial charge in [0.15, 0.2) is 9.84 Å². The van der Waals surface area contributed by atoms with Gasteiger partial charge in [0.1, 0.15) is 18.4 Å². The summed E-state index contributed by atoms with van der Waals surface area (Å²) in [4.78, 5) is 26.3. The summed E-state index contributed by atoms with van der Waals surface area (Å²) in [5.74, 6) is 0.151. The fraction of sp³-hybridized carbons (Fsp3) is 0.419. The summed E-state index contributed by atoms with van der Waals surface area (Å²) in [6, 6.07) is 16.3. The van der Waals surface area contributed by atoms with Crippen LogP contribution in [0.25, 0.3) is 10.8 Å². The summed E-state index contributed by atoms with van der Waals surface area (Å²) < 4.78 is 29.1. The van der Waals surface area contributed by atoms with E-state index in [1.54, 1.807) is 30.0 Å². The zero-order valence-corrected chi connectivity index (χ0v) is 24.6. The number of hydrogen-bond acceptors (Lipinski definition) is 6. The van der Waals surface area contributed by atoms with Gasteiger partial charge < -0.3 is 15.2 Å². The molecule has 0 heterocycles. The molecule has 0 unspecified atom stereocenters. The fourth-order valence-corrected chi connectivity index (χ4v) is 8.61. The van der Waals surface area contributed by atoms with Gasteiger partial charge in [-0.2, -0.15) is 0 Å². The second-order valence-electron chi connectivity index (χ2n) is 11.5. The van der Waals surface area contributed by atoms with Gasteiger partial charge in [0.25, 0.3) is 5.91 Å². The van der Waals surface area contributed by atoms with Crippen LogP contribution in [0.4, 0.5) is 0 Å². The number of carboxylic acid groups (broad SMARTS) is 1. The summed E-state index contributed by atoms with van der Waals surface area (Å²) in [6.07, 6.45) is 5.98. The number of rotatable bonds is 10. The van der Waals surface area contributed by atoms with Crippen molar-refractivity contribution in [1.82, 2.24) is 5.32 Å². The average Bonchev–Trinajstić information content (AvgIpc) is 3.52. The molecule has 2 saturated carbocycles. The summed E-state index contributed by atoms with van der Waals surface area (Å²) >= 11 is 1.69. The Morgan fingerprint density at radius 3 is 2.40 bits per heavy atom. The van der Waals surface area contributed by atoms with E-state index >= 15 is 0 Å². The second kappa shape index (κ2) is 11.1. The molecule has 2 aliphatic carbocycles. The lowest BCUT2D eigenvalue weighted by Gasteiger charge is -2.36. The molecule has 3 aromatic carbocycles. The third-order valence-corrected chi connectivity index (χ3v) is 11.1. The van der Waals surface area contributed by atoms with E-state index in [-0.39, 0.29) is 17.1 Å². The van der Waals surface area contributed by atoms with E-state index in [4.69, 9.17) is 4.74 Å². The zero-order valence-electron chi connectivity index (χ0n) is 22.9. The SMILES string of the molecule is CC(C)(S[C@@H]1C[C@@H]2CC[C@H]1C2)[C@H](NC(=O)c1ccc2ccccc2c1OCc1ccc(S(C)(=O)=O)cc1)C(=O)O. The van der Waals surface area contributed by atoms with Gasteiger partial charge in [0.05, 0.1) is 10.5 Å². The van der Waals surface area contributed by atoms with Crippen molar-refractivity contribution in [3.8, 4) is 5.75 Å². The second-order valence-corrected chi connectivity index (χ2v) is 15.5. The number of ether oxygens (including phenoxy) is 1. The number of thioether (sulfide) groups is 1. The Kier molecular flexibility index (Phi) is 7.90. The molecule has 5 rings (SSSR count). The van der Waals surface area contributed by atoms with Crippen LogP contribution in [0.3, 0.4) is 0 Å². The van der Waals surface area contributed by atoms with Crippen LogP contribution in [0.15, 0.2) is 65.6 Å². The lowest BCUT2D eigenvalue weighted by Crippen LogP contribution is -2.53. The minimum absolute atomic E-state index is 0.103. The molecular formula is C31H35NO6S2. The van der Waals surface area contributed by atoms with E-state index in [1.165, 1.54) is 31.4 Å². The van der Waals surface area contributed by atoms with Gasteiger partial charge in [-0.15, -0.1) is 11.8 Å². The van der Waals surface area contributed by atoms with Gasteiger partial charge >= 0.3 is 5.97 Å². The number of carbonyl (C=O) groups excluding carboxylic acids is 1. The van der Waals surface area contributed by atoms with Crippen molar-refractivity contribution in [2.45, 2.75) is 67.1 Å². The number of sulfone groups is 1. The van der Waals surface area contributed by atoms with Crippen molar-refractivity contribution < 1.29 is 27.9 Å². The highest BCUT2D eigenvalue weighted by Crippen LogP contribution is 2.52. The summed E-state index contributed by atoms with van der Waals surface area (Å²) in [5.41, 5.74) is 0.983. The normalized spacial score (nSPS) is 21.3. The number of carboxylic acids is 1. The van der Waals surface area contributed by atoms with Crippen molar-refractivity contribution >= 4 is 44.2 Å². The van der Waals surface area contributed by atoms with Crippen LogP contribution in [-0.2, 0) is 21.2 Å². The van der Waals surface area contributed by atoms with E-state index in [2.05, 4.69) is 5.32 Å². The van der Waals surface area contributed by atoms with Crippen molar-refractivity contribution in [1.29, 1.82) is 0 Å². The van der Waals surface area contributed by atoms with E-state index < -0.39 is 32.5 Å². The zero-order chi connectivity index (χ0) is 28.7. The summed E-state index contributed by atoms with van der Waals surface area (Å²) in [6.45, 7) is 3.91. The van der Waals surface area contributed by atoms with Gasteiger partial charge in [0.2, 0.25) is 0 Å². The highest BCUT2D eigenvalue weighted by molar-refractivity contribution is 8.01. The molecule has 2 aliphatic rings. The molecule has 4 atom stereocenters. The van der Waals surface area contributed by atoms with E-state index in [9.17, 15) is 23.1 Å². The Balaban J connectivity index is 1.39. The maximum absolute atomic E-state index is 13.7. The molecule has 212 valence electrons. The number of carbonyl (C=O) groups is 2. The highest BCUT2D eigenvalue weighted by atomic mass is 32.2. The van der Waals surface area contributed by atoms with Crippen molar-refractivity contribution in [2.24, 2.45) is 11.8 Å². The quantitative estimate of drug-likeness (QED) is 0.316. The molecule has 7 nitrogen and oxygen atoms in total. The third-order valence-electron chi connectivity index (χ3n) is 8.20. The first kappa shape index (κ1) is 28.5. The van der Waals surface area contributed by atoms with Gasteiger partial charge in [0, 0.05) is 21.6 Å². The highest BCUT2D eigenvalue weighted by Gasteiger charge is 2.46. The van der Waals surface area contributed by atoms with E-state index in [0.29, 0.717) is 16.9 Å². The Hall–Kier alpha value is -3.04. The van der Waals surface area contributed by atoms with Gasteiger partial charge in [-0.05, 0) is 74.1 Å². The fourth-order valence-electron chi connectivity index (χ4n) is 6.10. The van der Waals surface area contributed by atoms with Crippen molar-refractivity contribution in [3.63, 3.8) is 0 Å². The van der Waals surface area contributed by atoms with Gasteiger partial charge in [-0.1, -0.05) is 48.9 Å². The summed E-state index contributed by atoms with van der Waals surface area (Å²) in [5, 5.41) is 15.0. The first-order valence-electron chi connectivity index (χ1n) is 13.6. The Morgan fingerprint density at radius 1 is 1.05 bits per heavy atom. The molecule has 3 aromatic rings. The molecule has 40 heavy (non-hydrogen) atoms. The Morgan fingerprint density at radius 2 is 1.77 bits per heavy atom. The van der Waals surface area contributed by atoms with Crippen LogP contribution < -0.4 is 10.1 Å². The molecule has 9 heteroatoms.